The second-order valence-electron chi connectivity index (χ2n) is 3.30. The molecule has 0 amide bonds. The predicted octanol–water partition coefficient (Wildman–Crippen LogP) is -8.71. The average Bonchev–Trinajstić information content (AvgIpc) is 1.81. The molecule has 6 heteroatoms. The van der Waals surface area contributed by atoms with Crippen molar-refractivity contribution < 1.29 is 60.9 Å². The molecule has 1 N–H and O–H groups in total. The van der Waals surface area contributed by atoms with Crippen molar-refractivity contribution in [1.29, 1.82) is 0 Å². The normalized spacial score (nSPS) is 20.6. The number of hydrogen-bond acceptors (Lipinski definition) is 1. The molecule has 0 unspecified atom stereocenters. The zero-order valence-corrected chi connectivity index (χ0v) is 11.7. The molecule has 0 aromatic carbocycles. The third-order valence-electron chi connectivity index (χ3n) is 2.01. The summed E-state index contributed by atoms with van der Waals surface area (Å²) >= 11 is 2.32. The Hall–Kier alpha value is 1.50. The molecule has 0 bridgehead atoms. The summed E-state index contributed by atoms with van der Waals surface area (Å²) in [7, 11) is 2.32. The SMILES string of the molecule is C[N+]1([Ti])CCCNCCC1.[Cl-].[Cl-].[Cl-]. The number of hydrogen-bond donors (Lipinski definition) is 1. The van der Waals surface area contributed by atoms with Gasteiger partial charge in [-0.15, -0.1) is 0 Å². The molecule has 13 heavy (non-hydrogen) atoms. The van der Waals surface area contributed by atoms with Gasteiger partial charge in [-0.05, 0) is 0 Å². The first-order chi connectivity index (χ1) is 4.71. The van der Waals surface area contributed by atoms with Gasteiger partial charge in [0.15, 0.2) is 0 Å². The summed E-state index contributed by atoms with van der Waals surface area (Å²) in [6.07, 6.45) is 2.65. The minimum Gasteiger partial charge on any atom is -1.00 e. The second-order valence-corrected chi connectivity index (χ2v) is 4.99. The fourth-order valence-electron chi connectivity index (χ4n) is 1.34. The van der Waals surface area contributed by atoms with Crippen LogP contribution >= 0.6 is 0 Å². The molecule has 0 aromatic rings. The van der Waals surface area contributed by atoms with Crippen LogP contribution in [0.3, 0.4) is 0 Å². The molecule has 0 saturated carbocycles. The first-order valence-electron chi connectivity index (χ1n) is 4.01. The van der Waals surface area contributed by atoms with Crippen LogP contribution in [0.25, 0.3) is 0 Å². The molecule has 1 fully saturated rings. The summed E-state index contributed by atoms with van der Waals surface area (Å²) in [6.45, 7) is 5.07. The Morgan fingerprint density at radius 2 is 1.38 bits per heavy atom. The molecule has 0 spiro atoms. The van der Waals surface area contributed by atoms with Crippen LogP contribution in [0.15, 0.2) is 0 Å². The molecule has 0 aromatic heterocycles. The average molecular weight is 282 g/mol. The fourth-order valence-corrected chi connectivity index (χ4v) is 1.84. The maximum atomic E-state index is 3.42. The number of halogens is 3. The first kappa shape index (κ1) is 20.0. The molecule has 2 nitrogen and oxygen atoms in total. The number of rotatable bonds is 0. The Morgan fingerprint density at radius 3 is 1.77 bits per heavy atom. The Kier molecular flexibility index (Phi) is 15.4. The summed E-state index contributed by atoms with van der Waals surface area (Å²) in [5.41, 5.74) is 0. The fraction of sp³-hybridized carbons (Fsp3) is 1.00. The van der Waals surface area contributed by atoms with Gasteiger partial charge in [0.05, 0.1) is 0 Å². The van der Waals surface area contributed by atoms with Gasteiger partial charge in [-0.25, -0.2) is 0 Å². The zero-order chi connectivity index (χ0) is 7.45. The van der Waals surface area contributed by atoms with Gasteiger partial charge in [-0.3, -0.25) is 0 Å². The van der Waals surface area contributed by atoms with Crippen LogP contribution in [0.4, 0.5) is 0 Å². The number of nitrogens with one attached hydrogen (secondary N) is 1. The van der Waals surface area contributed by atoms with E-state index in [1.54, 1.807) is 0 Å². The molecule has 1 heterocycles. The van der Waals surface area contributed by atoms with Crippen LogP contribution in [0.5, 0.6) is 0 Å². The Bertz CT molecular complexity index is 104. The Balaban J connectivity index is -0.000000333. The van der Waals surface area contributed by atoms with Gasteiger partial charge in [-0.1, -0.05) is 0 Å². The molecule has 81 valence electrons. The maximum absolute atomic E-state index is 3.42. The largest absolute Gasteiger partial charge is 1.00 e. The van der Waals surface area contributed by atoms with Gasteiger partial charge in [0.25, 0.3) is 0 Å². The van der Waals surface area contributed by atoms with Crippen molar-refractivity contribution in [2.45, 2.75) is 12.8 Å². The topological polar surface area (TPSA) is 12.0 Å². The van der Waals surface area contributed by atoms with Crippen molar-refractivity contribution in [3.63, 3.8) is 0 Å². The molecule has 1 aliphatic heterocycles. The summed E-state index contributed by atoms with van der Waals surface area (Å²) in [5.74, 6) is 0. The van der Waals surface area contributed by atoms with Gasteiger partial charge in [0, 0.05) is 0 Å². The zero-order valence-electron chi connectivity index (χ0n) is 7.82. The maximum Gasteiger partial charge on any atom is -1.00 e. The first-order valence-corrected chi connectivity index (χ1v) is 4.71. The minimum absolute atomic E-state index is 0. The summed E-state index contributed by atoms with van der Waals surface area (Å²) in [5, 5.41) is 3.42. The van der Waals surface area contributed by atoms with E-state index in [-0.39, 0.29) is 37.2 Å². The summed E-state index contributed by atoms with van der Waals surface area (Å²) < 4.78 is 1.21. The second kappa shape index (κ2) is 10.0. The van der Waals surface area contributed by atoms with Crippen molar-refractivity contribution in [2.24, 2.45) is 0 Å². The number of quaternary nitrogens is 1. The van der Waals surface area contributed by atoms with Crippen LogP contribution < -0.4 is 42.5 Å². The van der Waals surface area contributed by atoms with E-state index in [4.69, 9.17) is 0 Å². The Morgan fingerprint density at radius 1 is 1.00 bits per heavy atom. The minimum atomic E-state index is 0. The van der Waals surface area contributed by atoms with Crippen molar-refractivity contribution in [1.82, 2.24) is 5.32 Å². The van der Waals surface area contributed by atoms with Crippen molar-refractivity contribution in [3.05, 3.63) is 0 Å². The van der Waals surface area contributed by atoms with Crippen LogP contribution in [0.2, 0.25) is 0 Å². The summed E-state index contributed by atoms with van der Waals surface area (Å²) in [6, 6.07) is 0. The molecule has 1 rings (SSSR count). The van der Waals surface area contributed by atoms with E-state index in [1.807, 2.05) is 0 Å². The molecule has 0 radical (unpaired) electrons. The van der Waals surface area contributed by atoms with Gasteiger partial charge in [-0.2, -0.15) is 0 Å². The van der Waals surface area contributed by atoms with Crippen LogP contribution in [0, 0.1) is 0 Å². The molecule has 1 aliphatic rings. The van der Waals surface area contributed by atoms with E-state index in [0.717, 1.165) is 0 Å². The molecular formula is C7H16Cl3N2Ti-2. The molecule has 0 atom stereocenters. The van der Waals surface area contributed by atoms with Crippen LogP contribution in [-0.4, -0.2) is 36.2 Å². The molecular weight excluding hydrogens is 266 g/mol. The standard InChI is InChI=1S/C7H16N2.3ClH.Ti/c1-9-6-2-4-8-5-3-7-9;;;;/h8H,2-7H2,1H3;3*1H;/q;;;;+1/p-3. The summed E-state index contributed by atoms with van der Waals surface area (Å²) in [4.78, 5) is 0. The van der Waals surface area contributed by atoms with E-state index in [0.29, 0.717) is 0 Å². The third kappa shape index (κ3) is 9.80. The van der Waals surface area contributed by atoms with Crippen molar-refractivity contribution in [2.75, 3.05) is 33.2 Å². The van der Waals surface area contributed by atoms with E-state index < -0.39 is 0 Å². The van der Waals surface area contributed by atoms with Crippen LogP contribution in [0.1, 0.15) is 12.8 Å². The third-order valence-corrected chi connectivity index (χ3v) is 2.71. The van der Waals surface area contributed by atoms with E-state index >= 15 is 0 Å². The van der Waals surface area contributed by atoms with Crippen molar-refractivity contribution in [3.8, 4) is 0 Å². The van der Waals surface area contributed by atoms with Crippen molar-refractivity contribution >= 4 is 0 Å². The Labute approximate surface area is 112 Å². The number of nitrogens with zero attached hydrogens (tertiary/aromatic N) is 1. The quantitative estimate of drug-likeness (QED) is 0.435. The van der Waals surface area contributed by atoms with E-state index in [9.17, 15) is 0 Å². The molecule has 1 saturated heterocycles. The van der Waals surface area contributed by atoms with Gasteiger partial charge >= 0.3 is 75.0 Å². The van der Waals surface area contributed by atoms with Crippen LogP contribution in [-0.2, 0) is 20.7 Å². The van der Waals surface area contributed by atoms with Gasteiger partial charge < -0.3 is 37.2 Å². The predicted molar refractivity (Wildman–Crippen MR) is 38.0 cm³/mol. The van der Waals surface area contributed by atoms with E-state index in [1.165, 1.54) is 42.0 Å². The van der Waals surface area contributed by atoms with Gasteiger partial charge in [0.2, 0.25) is 0 Å². The molecule has 0 aliphatic carbocycles. The smallest absolute Gasteiger partial charge is 1.00 e. The monoisotopic (exact) mass is 281 g/mol. The van der Waals surface area contributed by atoms with E-state index in [2.05, 4.69) is 33.1 Å². The van der Waals surface area contributed by atoms with Gasteiger partial charge in [0.1, 0.15) is 0 Å².